The summed E-state index contributed by atoms with van der Waals surface area (Å²) >= 11 is 0. The van der Waals surface area contributed by atoms with Crippen LogP contribution in [0.15, 0.2) is 42.5 Å². The van der Waals surface area contributed by atoms with E-state index in [0.29, 0.717) is 0 Å². The number of fused-ring (bicyclic) bond motifs is 1. The molecule has 2 atom stereocenters. The van der Waals surface area contributed by atoms with Crippen LogP contribution in [0.5, 0.6) is 0 Å². The first-order valence-electron chi connectivity index (χ1n) is 7.13. The minimum absolute atomic E-state index is 0.112. The van der Waals surface area contributed by atoms with Gasteiger partial charge < -0.3 is 15.5 Å². The van der Waals surface area contributed by atoms with Gasteiger partial charge in [-0.15, -0.1) is 0 Å². The Morgan fingerprint density at radius 1 is 1.14 bits per heavy atom. The van der Waals surface area contributed by atoms with E-state index in [1.165, 1.54) is 0 Å². The minimum Gasteiger partial charge on any atom is -0.481 e. The van der Waals surface area contributed by atoms with E-state index in [2.05, 4.69) is 5.32 Å². The summed E-state index contributed by atoms with van der Waals surface area (Å²) in [5.41, 5.74) is 0.817. The van der Waals surface area contributed by atoms with Gasteiger partial charge >= 0.3 is 5.97 Å². The third kappa shape index (κ3) is 3.62. The maximum absolute atomic E-state index is 12.1. The smallest absolute Gasteiger partial charge is 0.316 e. The SMILES string of the molecule is C[C@@H](CO)NC(=O)C(Cc1cccc2ccccc12)C(=O)O. The van der Waals surface area contributed by atoms with Crippen LogP contribution < -0.4 is 5.32 Å². The van der Waals surface area contributed by atoms with Crippen LogP contribution in [-0.2, 0) is 16.0 Å². The highest BCUT2D eigenvalue weighted by molar-refractivity contribution is 5.98. The molecule has 0 radical (unpaired) electrons. The molecule has 0 aliphatic heterocycles. The molecule has 0 saturated carbocycles. The van der Waals surface area contributed by atoms with E-state index in [0.717, 1.165) is 16.3 Å². The molecule has 0 aliphatic rings. The van der Waals surface area contributed by atoms with Crippen molar-refractivity contribution >= 4 is 22.6 Å². The molecule has 0 aromatic heterocycles. The number of aliphatic hydroxyl groups is 1. The van der Waals surface area contributed by atoms with Gasteiger partial charge in [-0.1, -0.05) is 42.5 Å². The van der Waals surface area contributed by atoms with Gasteiger partial charge in [0.2, 0.25) is 5.91 Å². The molecular weight excluding hydrogens is 282 g/mol. The Morgan fingerprint density at radius 3 is 2.50 bits per heavy atom. The quantitative estimate of drug-likeness (QED) is 0.707. The van der Waals surface area contributed by atoms with Crippen molar-refractivity contribution in [2.24, 2.45) is 5.92 Å². The number of amides is 1. The maximum Gasteiger partial charge on any atom is 0.316 e. The van der Waals surface area contributed by atoms with Crippen molar-refractivity contribution < 1.29 is 19.8 Å². The second-order valence-electron chi connectivity index (χ2n) is 5.33. The van der Waals surface area contributed by atoms with Gasteiger partial charge in [0.15, 0.2) is 0 Å². The number of carboxylic acids is 1. The van der Waals surface area contributed by atoms with Crippen molar-refractivity contribution in [3.05, 3.63) is 48.0 Å². The molecule has 2 rings (SSSR count). The molecule has 2 aromatic carbocycles. The molecule has 0 bridgehead atoms. The molecule has 0 spiro atoms. The second kappa shape index (κ2) is 7.04. The van der Waals surface area contributed by atoms with Gasteiger partial charge in [-0.2, -0.15) is 0 Å². The fraction of sp³-hybridized carbons (Fsp3) is 0.294. The summed E-state index contributed by atoms with van der Waals surface area (Å²) in [5.74, 6) is -2.93. The lowest BCUT2D eigenvalue weighted by Crippen LogP contribution is -2.42. The molecule has 116 valence electrons. The van der Waals surface area contributed by atoms with E-state index in [1.807, 2.05) is 42.5 Å². The highest BCUT2D eigenvalue weighted by Crippen LogP contribution is 2.21. The standard InChI is InChI=1S/C17H19NO4/c1-11(10-19)18-16(20)15(17(21)22)9-13-7-4-6-12-5-2-3-8-14(12)13/h2-8,11,15,19H,9-10H2,1H3,(H,18,20)(H,21,22)/t11-,15?/m0/s1. The van der Waals surface area contributed by atoms with Crippen LogP contribution in [0.25, 0.3) is 10.8 Å². The number of aliphatic hydroxyl groups excluding tert-OH is 1. The van der Waals surface area contributed by atoms with Gasteiger partial charge in [0, 0.05) is 6.04 Å². The van der Waals surface area contributed by atoms with Gasteiger partial charge in [0.1, 0.15) is 5.92 Å². The number of nitrogens with one attached hydrogen (secondary N) is 1. The number of aliphatic carboxylic acids is 1. The van der Waals surface area contributed by atoms with E-state index in [-0.39, 0.29) is 13.0 Å². The van der Waals surface area contributed by atoms with Crippen molar-refractivity contribution in [2.45, 2.75) is 19.4 Å². The lowest BCUT2D eigenvalue weighted by atomic mass is 9.94. The largest absolute Gasteiger partial charge is 0.481 e. The lowest BCUT2D eigenvalue weighted by Gasteiger charge is -2.17. The summed E-state index contributed by atoms with van der Waals surface area (Å²) in [6, 6.07) is 12.8. The molecule has 0 fully saturated rings. The molecule has 2 aromatic rings. The van der Waals surface area contributed by atoms with Crippen molar-refractivity contribution in [1.29, 1.82) is 0 Å². The summed E-state index contributed by atoms with van der Waals surface area (Å²) in [5, 5.41) is 22.8. The number of benzene rings is 2. The highest BCUT2D eigenvalue weighted by Gasteiger charge is 2.27. The van der Waals surface area contributed by atoms with Crippen LogP contribution in [0.2, 0.25) is 0 Å². The van der Waals surface area contributed by atoms with Gasteiger partial charge in [0.05, 0.1) is 6.61 Å². The summed E-state index contributed by atoms with van der Waals surface area (Å²) in [6.07, 6.45) is 0.112. The number of carbonyl (C=O) groups excluding carboxylic acids is 1. The van der Waals surface area contributed by atoms with Crippen molar-refractivity contribution in [3.63, 3.8) is 0 Å². The topological polar surface area (TPSA) is 86.6 Å². The number of hydrogen-bond donors (Lipinski definition) is 3. The van der Waals surface area contributed by atoms with Crippen molar-refractivity contribution in [3.8, 4) is 0 Å². The Balaban J connectivity index is 2.27. The van der Waals surface area contributed by atoms with Crippen molar-refractivity contribution in [2.75, 3.05) is 6.61 Å². The maximum atomic E-state index is 12.1. The van der Waals surface area contributed by atoms with Crippen LogP contribution in [-0.4, -0.2) is 34.7 Å². The molecule has 5 nitrogen and oxygen atoms in total. The fourth-order valence-electron chi connectivity index (χ4n) is 2.37. The van der Waals surface area contributed by atoms with Gasteiger partial charge in [0.25, 0.3) is 0 Å². The molecule has 1 amide bonds. The molecule has 22 heavy (non-hydrogen) atoms. The Hall–Kier alpha value is -2.40. The number of carboxylic acid groups (broad SMARTS) is 1. The normalized spacial score (nSPS) is 13.5. The van der Waals surface area contributed by atoms with E-state index < -0.39 is 23.8 Å². The molecule has 1 unspecified atom stereocenters. The minimum atomic E-state index is -1.18. The van der Waals surface area contributed by atoms with Gasteiger partial charge in [-0.25, -0.2) is 0 Å². The number of rotatable bonds is 6. The Bertz CT molecular complexity index is 678. The van der Waals surface area contributed by atoms with E-state index in [1.54, 1.807) is 6.92 Å². The molecule has 0 saturated heterocycles. The summed E-state index contributed by atoms with van der Waals surface area (Å²) in [6.45, 7) is 1.39. The zero-order chi connectivity index (χ0) is 16.1. The van der Waals surface area contributed by atoms with E-state index >= 15 is 0 Å². The average Bonchev–Trinajstić information content (AvgIpc) is 2.52. The zero-order valence-corrected chi connectivity index (χ0v) is 12.3. The van der Waals surface area contributed by atoms with Crippen LogP contribution in [0.1, 0.15) is 12.5 Å². The summed E-state index contributed by atoms with van der Waals surface area (Å²) < 4.78 is 0. The first-order valence-corrected chi connectivity index (χ1v) is 7.13. The van der Waals surface area contributed by atoms with Crippen LogP contribution in [0.4, 0.5) is 0 Å². The van der Waals surface area contributed by atoms with Gasteiger partial charge in [-0.3, -0.25) is 9.59 Å². The zero-order valence-electron chi connectivity index (χ0n) is 12.3. The third-order valence-electron chi connectivity index (χ3n) is 3.58. The third-order valence-corrected chi connectivity index (χ3v) is 3.58. The number of carbonyl (C=O) groups is 2. The van der Waals surface area contributed by atoms with Crippen molar-refractivity contribution in [1.82, 2.24) is 5.32 Å². The Labute approximate surface area is 128 Å². The lowest BCUT2D eigenvalue weighted by molar-refractivity contribution is -0.147. The second-order valence-corrected chi connectivity index (χ2v) is 5.33. The summed E-state index contributed by atoms with van der Waals surface area (Å²) in [7, 11) is 0. The molecule has 0 aliphatic carbocycles. The Kier molecular flexibility index (Phi) is 5.12. The Morgan fingerprint density at radius 2 is 1.82 bits per heavy atom. The monoisotopic (exact) mass is 301 g/mol. The molecule has 0 heterocycles. The van der Waals surface area contributed by atoms with Gasteiger partial charge in [-0.05, 0) is 29.7 Å². The molecular formula is C17H19NO4. The average molecular weight is 301 g/mol. The molecule has 3 N–H and O–H groups in total. The van der Waals surface area contributed by atoms with Crippen LogP contribution >= 0.6 is 0 Å². The molecule has 5 heteroatoms. The van der Waals surface area contributed by atoms with E-state index in [4.69, 9.17) is 5.11 Å². The first kappa shape index (κ1) is 16.0. The first-order chi connectivity index (χ1) is 10.5. The van der Waals surface area contributed by atoms with E-state index in [9.17, 15) is 14.7 Å². The van der Waals surface area contributed by atoms with Crippen LogP contribution in [0, 0.1) is 5.92 Å². The number of hydrogen-bond acceptors (Lipinski definition) is 3. The van der Waals surface area contributed by atoms with Crippen LogP contribution in [0.3, 0.4) is 0 Å². The predicted octanol–water partition coefficient (Wildman–Crippen LogP) is 1.58. The highest BCUT2D eigenvalue weighted by atomic mass is 16.4. The fourth-order valence-corrected chi connectivity index (χ4v) is 2.37. The predicted molar refractivity (Wildman–Crippen MR) is 83.5 cm³/mol. The summed E-state index contributed by atoms with van der Waals surface area (Å²) in [4.78, 5) is 23.5.